The van der Waals surface area contributed by atoms with Gasteiger partial charge in [-0.1, -0.05) is 78.6 Å². The van der Waals surface area contributed by atoms with Gasteiger partial charge in [0.1, 0.15) is 5.82 Å². The maximum absolute atomic E-state index is 4.64. The van der Waals surface area contributed by atoms with Crippen molar-refractivity contribution in [2.24, 2.45) is 0 Å². The molecule has 23 heavy (non-hydrogen) atoms. The first-order valence-electron chi connectivity index (χ1n) is 10.3. The molecule has 0 aliphatic heterocycles. The number of nitrogens with zero attached hydrogens (tertiary/aromatic N) is 2. The summed E-state index contributed by atoms with van der Waals surface area (Å²) in [5.41, 5.74) is 0. The second-order valence-corrected chi connectivity index (χ2v) is 7.17. The fourth-order valence-corrected chi connectivity index (χ4v) is 3.56. The number of aromatic nitrogens is 2. The van der Waals surface area contributed by atoms with E-state index in [0.717, 1.165) is 0 Å². The number of imidazole rings is 1. The van der Waals surface area contributed by atoms with Gasteiger partial charge in [-0.15, -0.1) is 0 Å². The molecule has 0 aromatic carbocycles. The molecule has 1 atom stereocenters. The minimum Gasteiger partial charge on any atom is -0.332 e. The molecule has 0 N–H and O–H groups in total. The summed E-state index contributed by atoms with van der Waals surface area (Å²) in [5, 5.41) is 0. The van der Waals surface area contributed by atoms with E-state index >= 15 is 0 Å². The topological polar surface area (TPSA) is 17.8 Å². The molecule has 0 aliphatic carbocycles. The molecule has 0 radical (unpaired) electrons. The van der Waals surface area contributed by atoms with E-state index in [1.54, 1.807) is 0 Å². The molecule has 0 spiro atoms. The van der Waals surface area contributed by atoms with Gasteiger partial charge in [-0.25, -0.2) is 4.98 Å². The van der Waals surface area contributed by atoms with Crippen molar-refractivity contribution >= 4 is 0 Å². The monoisotopic (exact) mass is 320 g/mol. The third-order valence-corrected chi connectivity index (χ3v) is 5.25. The number of rotatable bonds is 14. The molecule has 0 fully saturated rings. The molecular formula is C21H40N2. The summed E-state index contributed by atoms with van der Waals surface area (Å²) < 4.78 is 2.43. The van der Waals surface area contributed by atoms with Gasteiger partial charge in [0, 0.05) is 24.4 Å². The van der Waals surface area contributed by atoms with Crippen molar-refractivity contribution in [2.45, 2.75) is 117 Å². The minimum absolute atomic E-state index is 0.595. The highest BCUT2D eigenvalue weighted by molar-refractivity contribution is 5.01. The van der Waals surface area contributed by atoms with Crippen LogP contribution in [0.2, 0.25) is 0 Å². The van der Waals surface area contributed by atoms with Crippen LogP contribution in [0, 0.1) is 0 Å². The molecule has 2 heteroatoms. The van der Waals surface area contributed by atoms with Gasteiger partial charge < -0.3 is 4.57 Å². The van der Waals surface area contributed by atoms with E-state index in [1.807, 2.05) is 6.20 Å². The van der Waals surface area contributed by atoms with E-state index in [4.69, 9.17) is 0 Å². The second kappa shape index (κ2) is 12.6. The van der Waals surface area contributed by atoms with Crippen LogP contribution in [0.5, 0.6) is 0 Å². The Morgan fingerprint density at radius 1 is 0.870 bits per heavy atom. The van der Waals surface area contributed by atoms with E-state index in [9.17, 15) is 0 Å². The van der Waals surface area contributed by atoms with Crippen LogP contribution in [0.4, 0.5) is 0 Å². The first kappa shape index (κ1) is 20.3. The Morgan fingerprint density at radius 2 is 1.43 bits per heavy atom. The van der Waals surface area contributed by atoms with Crippen molar-refractivity contribution in [3.8, 4) is 0 Å². The number of hydrogen-bond acceptors (Lipinski definition) is 1. The van der Waals surface area contributed by atoms with Crippen molar-refractivity contribution in [1.29, 1.82) is 0 Å². The largest absolute Gasteiger partial charge is 0.332 e. The predicted molar refractivity (Wildman–Crippen MR) is 102 cm³/mol. The van der Waals surface area contributed by atoms with Crippen molar-refractivity contribution in [3.05, 3.63) is 18.2 Å². The minimum atomic E-state index is 0.595. The molecule has 1 rings (SSSR count). The van der Waals surface area contributed by atoms with Gasteiger partial charge in [-0.3, -0.25) is 0 Å². The van der Waals surface area contributed by atoms with Crippen LogP contribution in [0.3, 0.4) is 0 Å². The lowest BCUT2D eigenvalue weighted by Crippen LogP contribution is -2.12. The molecule has 134 valence electrons. The average Bonchev–Trinajstić information content (AvgIpc) is 3.04. The second-order valence-electron chi connectivity index (χ2n) is 7.17. The molecule has 0 saturated heterocycles. The van der Waals surface area contributed by atoms with Crippen LogP contribution >= 0.6 is 0 Å². The molecular weight excluding hydrogens is 280 g/mol. The van der Waals surface area contributed by atoms with Crippen molar-refractivity contribution in [1.82, 2.24) is 9.55 Å². The molecule has 1 unspecified atom stereocenters. The number of unbranched alkanes of at least 4 members (excludes halogenated alkanes) is 8. The Kier molecular flexibility index (Phi) is 11.1. The Hall–Kier alpha value is -0.790. The Balaban J connectivity index is 2.19. The van der Waals surface area contributed by atoms with Crippen LogP contribution in [0.25, 0.3) is 0 Å². The van der Waals surface area contributed by atoms with Crippen molar-refractivity contribution in [3.63, 3.8) is 0 Å². The molecule has 1 aromatic heterocycles. The smallest absolute Gasteiger partial charge is 0.111 e. The molecule has 0 saturated carbocycles. The summed E-state index contributed by atoms with van der Waals surface area (Å²) in [6, 6.07) is 0.595. The van der Waals surface area contributed by atoms with Gasteiger partial charge in [0.2, 0.25) is 0 Å². The summed E-state index contributed by atoms with van der Waals surface area (Å²) >= 11 is 0. The van der Waals surface area contributed by atoms with Crippen LogP contribution in [0.15, 0.2) is 12.4 Å². The van der Waals surface area contributed by atoms with Gasteiger partial charge in [0.25, 0.3) is 0 Å². The molecule has 0 amide bonds. The zero-order valence-electron chi connectivity index (χ0n) is 16.2. The maximum Gasteiger partial charge on any atom is 0.111 e. The first-order valence-corrected chi connectivity index (χ1v) is 10.3. The quantitative estimate of drug-likeness (QED) is 0.330. The zero-order valence-corrected chi connectivity index (χ0v) is 16.2. The highest BCUT2D eigenvalue weighted by Gasteiger charge is 2.16. The highest BCUT2D eigenvalue weighted by atomic mass is 15.1. The highest BCUT2D eigenvalue weighted by Crippen LogP contribution is 2.26. The first-order chi connectivity index (χ1) is 11.2. The summed E-state index contributed by atoms with van der Waals surface area (Å²) in [7, 11) is 0. The van der Waals surface area contributed by atoms with E-state index in [2.05, 4.69) is 43.4 Å². The fraction of sp³-hybridized carbons (Fsp3) is 0.857. The summed E-state index contributed by atoms with van der Waals surface area (Å²) in [6.07, 6.45) is 20.5. The van der Waals surface area contributed by atoms with Crippen molar-refractivity contribution in [2.75, 3.05) is 0 Å². The summed E-state index contributed by atoms with van der Waals surface area (Å²) in [6.45, 7) is 9.20. The summed E-state index contributed by atoms with van der Waals surface area (Å²) in [4.78, 5) is 4.64. The lowest BCUT2D eigenvalue weighted by molar-refractivity contribution is 0.435. The Labute approximate surface area is 145 Å². The van der Waals surface area contributed by atoms with Gasteiger partial charge in [0.05, 0.1) is 0 Å². The standard InChI is InChI=1S/C21H40N2/c1-5-8-9-10-11-12-13-14-15-16-19(4)23-18-17-22-21(23)20(6-2)7-3/h17-20H,5-16H2,1-4H3. The van der Waals surface area contributed by atoms with E-state index in [0.29, 0.717) is 12.0 Å². The average molecular weight is 321 g/mol. The Bertz CT molecular complexity index is 379. The molecule has 0 bridgehead atoms. The van der Waals surface area contributed by atoms with Gasteiger partial charge in [-0.05, 0) is 26.2 Å². The van der Waals surface area contributed by atoms with Crippen LogP contribution in [0.1, 0.15) is 123 Å². The number of hydrogen-bond donors (Lipinski definition) is 0. The Morgan fingerprint density at radius 3 is 2.00 bits per heavy atom. The lowest BCUT2D eigenvalue weighted by atomic mass is 10.0. The van der Waals surface area contributed by atoms with Crippen LogP contribution in [-0.2, 0) is 0 Å². The zero-order chi connectivity index (χ0) is 16.9. The van der Waals surface area contributed by atoms with E-state index in [1.165, 1.54) is 82.9 Å². The molecule has 1 heterocycles. The maximum atomic E-state index is 4.64. The van der Waals surface area contributed by atoms with E-state index in [-0.39, 0.29) is 0 Å². The van der Waals surface area contributed by atoms with Crippen LogP contribution < -0.4 is 0 Å². The molecule has 2 nitrogen and oxygen atoms in total. The molecule has 1 aromatic rings. The van der Waals surface area contributed by atoms with Gasteiger partial charge in [-0.2, -0.15) is 0 Å². The third kappa shape index (κ3) is 7.54. The fourth-order valence-electron chi connectivity index (χ4n) is 3.56. The van der Waals surface area contributed by atoms with Crippen LogP contribution in [-0.4, -0.2) is 9.55 Å². The molecule has 0 aliphatic rings. The van der Waals surface area contributed by atoms with E-state index < -0.39 is 0 Å². The normalized spacial score (nSPS) is 12.9. The lowest BCUT2D eigenvalue weighted by Gasteiger charge is -2.20. The van der Waals surface area contributed by atoms with Gasteiger partial charge in [0.15, 0.2) is 0 Å². The van der Waals surface area contributed by atoms with Gasteiger partial charge >= 0.3 is 0 Å². The summed E-state index contributed by atoms with van der Waals surface area (Å²) in [5.74, 6) is 1.92. The third-order valence-electron chi connectivity index (χ3n) is 5.25. The van der Waals surface area contributed by atoms with Crippen molar-refractivity contribution < 1.29 is 0 Å². The SMILES string of the molecule is CCCCCCCCCCCC(C)n1ccnc1C(CC)CC. The predicted octanol–water partition coefficient (Wildman–Crippen LogP) is 7.27.